The minimum atomic E-state index is -1.06. The van der Waals surface area contributed by atoms with Crippen LogP contribution in [0.4, 0.5) is 11.4 Å². The van der Waals surface area contributed by atoms with Gasteiger partial charge in [0.2, 0.25) is 0 Å². The summed E-state index contributed by atoms with van der Waals surface area (Å²) in [7, 11) is 0. The van der Waals surface area contributed by atoms with E-state index in [4.69, 9.17) is 9.47 Å². The lowest BCUT2D eigenvalue weighted by molar-refractivity contribution is -0.384. The molecule has 1 aromatic heterocycles. The molecule has 0 aliphatic heterocycles. The Morgan fingerprint density at radius 1 is 1.16 bits per heavy atom. The van der Waals surface area contributed by atoms with Gasteiger partial charge in [-0.05, 0) is 50.2 Å². The van der Waals surface area contributed by atoms with Gasteiger partial charge in [0.15, 0.2) is 6.10 Å². The van der Waals surface area contributed by atoms with Crippen LogP contribution < -0.4 is 10.1 Å². The Hall–Kier alpha value is -3.79. The van der Waals surface area contributed by atoms with E-state index >= 15 is 0 Å². The number of carbonyl (C=O) groups excluding carboxylic acids is 2. The Morgan fingerprint density at radius 3 is 2.42 bits per heavy atom. The number of nitrogens with zero attached hydrogens (tertiary/aromatic N) is 2. The molecule has 1 N–H and O–H groups in total. The minimum Gasteiger partial charge on any atom is -0.487 e. The number of carbonyl (C=O) groups is 2. The Balaban J connectivity index is 1.51. The Labute approximate surface area is 181 Å². The summed E-state index contributed by atoms with van der Waals surface area (Å²) in [6.07, 6.45) is -1.06. The largest absolute Gasteiger partial charge is 0.487 e. The average Bonchev–Trinajstić information content (AvgIpc) is 3.18. The Morgan fingerprint density at radius 2 is 1.84 bits per heavy atom. The number of hydrogen-bond donors (Lipinski definition) is 1. The van der Waals surface area contributed by atoms with E-state index < -0.39 is 22.9 Å². The topological polar surface area (TPSA) is 121 Å². The number of rotatable bonds is 8. The van der Waals surface area contributed by atoms with Crippen LogP contribution in [0.3, 0.4) is 0 Å². The van der Waals surface area contributed by atoms with Crippen molar-refractivity contribution < 1.29 is 24.0 Å². The fourth-order valence-electron chi connectivity index (χ4n) is 2.51. The van der Waals surface area contributed by atoms with Crippen molar-refractivity contribution in [1.82, 2.24) is 4.98 Å². The SMILES string of the molecule is Cc1nc(COc2ccc(C(=O)OC(C)C(=O)Nc3ccc([N+](=O)[O-])cc3)cc2)cs1. The molecule has 2 aromatic carbocycles. The molecular formula is C21H19N3O6S. The maximum atomic E-state index is 12.3. The zero-order valence-electron chi connectivity index (χ0n) is 16.7. The van der Waals surface area contributed by atoms with E-state index in [1.165, 1.54) is 31.2 Å². The first-order valence-corrected chi connectivity index (χ1v) is 10.1. The highest BCUT2D eigenvalue weighted by atomic mass is 32.1. The molecule has 1 unspecified atom stereocenters. The monoisotopic (exact) mass is 441 g/mol. The van der Waals surface area contributed by atoms with Gasteiger partial charge in [-0.15, -0.1) is 11.3 Å². The van der Waals surface area contributed by atoms with Crippen LogP contribution in [0.15, 0.2) is 53.9 Å². The third kappa shape index (κ3) is 6.09. The van der Waals surface area contributed by atoms with E-state index in [0.29, 0.717) is 18.0 Å². The van der Waals surface area contributed by atoms with Crippen molar-refractivity contribution >= 4 is 34.6 Å². The highest BCUT2D eigenvalue weighted by molar-refractivity contribution is 7.09. The summed E-state index contributed by atoms with van der Waals surface area (Å²) < 4.78 is 10.8. The fraction of sp³-hybridized carbons (Fsp3) is 0.190. The van der Waals surface area contributed by atoms with Gasteiger partial charge in [-0.1, -0.05) is 0 Å². The number of ether oxygens (including phenoxy) is 2. The summed E-state index contributed by atoms with van der Waals surface area (Å²) in [5.41, 5.74) is 1.37. The van der Waals surface area contributed by atoms with Crippen molar-refractivity contribution in [3.63, 3.8) is 0 Å². The van der Waals surface area contributed by atoms with Crippen LogP contribution in [0.2, 0.25) is 0 Å². The van der Waals surface area contributed by atoms with Gasteiger partial charge in [0, 0.05) is 23.2 Å². The van der Waals surface area contributed by atoms with Crippen LogP contribution in [-0.4, -0.2) is 27.9 Å². The molecule has 10 heteroatoms. The highest BCUT2D eigenvalue weighted by Crippen LogP contribution is 2.18. The zero-order chi connectivity index (χ0) is 22.4. The maximum absolute atomic E-state index is 12.3. The molecule has 0 radical (unpaired) electrons. The molecule has 160 valence electrons. The van der Waals surface area contributed by atoms with Gasteiger partial charge in [0.25, 0.3) is 11.6 Å². The molecule has 31 heavy (non-hydrogen) atoms. The van der Waals surface area contributed by atoms with Crippen molar-refractivity contribution in [2.45, 2.75) is 26.6 Å². The number of esters is 1. The molecule has 1 amide bonds. The molecule has 0 saturated carbocycles. The van der Waals surface area contributed by atoms with E-state index in [-0.39, 0.29) is 11.3 Å². The summed E-state index contributed by atoms with van der Waals surface area (Å²) in [5.74, 6) is -0.639. The number of non-ortho nitro benzene ring substituents is 1. The number of anilines is 1. The van der Waals surface area contributed by atoms with Crippen LogP contribution >= 0.6 is 11.3 Å². The standard InChI is InChI=1S/C21H19N3O6S/c1-13(20(25)23-16-5-7-18(8-6-16)24(27)28)30-21(26)15-3-9-19(10-4-15)29-11-17-12-31-14(2)22-17/h3-10,12-13H,11H2,1-2H3,(H,23,25). The molecule has 1 heterocycles. The quantitative estimate of drug-likeness (QED) is 0.317. The maximum Gasteiger partial charge on any atom is 0.338 e. The summed E-state index contributed by atoms with van der Waals surface area (Å²) in [6.45, 7) is 3.68. The lowest BCUT2D eigenvalue weighted by Crippen LogP contribution is -2.30. The summed E-state index contributed by atoms with van der Waals surface area (Å²) in [5, 5.41) is 16.1. The van der Waals surface area contributed by atoms with Gasteiger partial charge in [0.1, 0.15) is 12.4 Å². The Kier molecular flexibility index (Phi) is 6.93. The van der Waals surface area contributed by atoms with Crippen LogP contribution in [0, 0.1) is 17.0 Å². The van der Waals surface area contributed by atoms with Crippen molar-refractivity contribution in [2.24, 2.45) is 0 Å². The molecule has 0 fully saturated rings. The molecule has 3 rings (SSSR count). The molecule has 9 nitrogen and oxygen atoms in total. The first-order valence-electron chi connectivity index (χ1n) is 9.22. The number of nitrogens with one attached hydrogen (secondary N) is 1. The molecular weight excluding hydrogens is 422 g/mol. The minimum absolute atomic E-state index is 0.0911. The third-order valence-corrected chi connectivity index (χ3v) is 4.96. The second kappa shape index (κ2) is 9.81. The second-order valence-electron chi connectivity index (χ2n) is 6.51. The van der Waals surface area contributed by atoms with Crippen LogP contribution in [-0.2, 0) is 16.1 Å². The second-order valence-corrected chi connectivity index (χ2v) is 7.57. The van der Waals surface area contributed by atoms with Crippen molar-refractivity contribution in [2.75, 3.05) is 5.32 Å². The normalized spacial score (nSPS) is 11.4. The molecule has 0 spiro atoms. The van der Waals surface area contributed by atoms with Gasteiger partial charge in [-0.2, -0.15) is 0 Å². The van der Waals surface area contributed by atoms with Gasteiger partial charge in [0.05, 0.1) is 21.2 Å². The van der Waals surface area contributed by atoms with E-state index in [0.717, 1.165) is 10.7 Å². The summed E-state index contributed by atoms with van der Waals surface area (Å²) in [4.78, 5) is 39.0. The third-order valence-electron chi connectivity index (χ3n) is 4.14. The number of nitro benzene ring substituents is 1. The number of thiazole rings is 1. The predicted octanol–water partition coefficient (Wildman–Crippen LogP) is 4.12. The van der Waals surface area contributed by atoms with Gasteiger partial charge in [-0.25, -0.2) is 9.78 Å². The number of nitro groups is 1. The number of aryl methyl sites for hydroxylation is 1. The molecule has 0 aliphatic rings. The highest BCUT2D eigenvalue weighted by Gasteiger charge is 2.19. The first kappa shape index (κ1) is 21.9. The number of amides is 1. The average molecular weight is 441 g/mol. The smallest absolute Gasteiger partial charge is 0.338 e. The van der Waals surface area contributed by atoms with Crippen molar-refractivity contribution in [3.05, 3.63) is 80.3 Å². The summed E-state index contributed by atoms with van der Waals surface area (Å²) in [6, 6.07) is 11.7. The predicted molar refractivity (Wildman–Crippen MR) is 114 cm³/mol. The first-order chi connectivity index (χ1) is 14.8. The molecule has 0 bridgehead atoms. The number of hydrogen-bond acceptors (Lipinski definition) is 8. The molecule has 1 atom stereocenters. The number of aromatic nitrogens is 1. The number of benzene rings is 2. The van der Waals surface area contributed by atoms with E-state index in [2.05, 4.69) is 10.3 Å². The van der Waals surface area contributed by atoms with E-state index in [1.807, 2.05) is 12.3 Å². The molecule has 0 saturated heterocycles. The van der Waals surface area contributed by atoms with Crippen LogP contribution in [0.1, 0.15) is 28.0 Å². The lowest BCUT2D eigenvalue weighted by Gasteiger charge is -2.14. The fourth-order valence-corrected chi connectivity index (χ4v) is 3.11. The Bertz CT molecular complexity index is 1080. The van der Waals surface area contributed by atoms with Crippen LogP contribution in [0.5, 0.6) is 5.75 Å². The molecule has 0 aliphatic carbocycles. The van der Waals surface area contributed by atoms with Gasteiger partial charge in [-0.3, -0.25) is 14.9 Å². The zero-order valence-corrected chi connectivity index (χ0v) is 17.5. The van der Waals surface area contributed by atoms with Gasteiger partial charge >= 0.3 is 5.97 Å². The summed E-state index contributed by atoms with van der Waals surface area (Å²) >= 11 is 1.54. The van der Waals surface area contributed by atoms with Crippen molar-refractivity contribution in [3.8, 4) is 5.75 Å². The van der Waals surface area contributed by atoms with E-state index in [1.54, 1.807) is 35.6 Å². The van der Waals surface area contributed by atoms with Crippen LogP contribution in [0.25, 0.3) is 0 Å². The van der Waals surface area contributed by atoms with E-state index in [9.17, 15) is 19.7 Å². The van der Waals surface area contributed by atoms with Gasteiger partial charge < -0.3 is 14.8 Å². The molecule has 3 aromatic rings. The van der Waals surface area contributed by atoms with Crippen molar-refractivity contribution in [1.29, 1.82) is 0 Å². The lowest BCUT2D eigenvalue weighted by atomic mass is 10.2.